The lowest BCUT2D eigenvalue weighted by Gasteiger charge is -2.38. The summed E-state index contributed by atoms with van der Waals surface area (Å²) in [6, 6.07) is 11.1. The molecule has 0 amide bonds. The second kappa shape index (κ2) is 8.69. The molecule has 0 spiro atoms. The number of ether oxygens (including phenoxy) is 2. The van der Waals surface area contributed by atoms with Gasteiger partial charge in [-0.05, 0) is 54.2 Å². The predicted molar refractivity (Wildman–Crippen MR) is 121 cm³/mol. The summed E-state index contributed by atoms with van der Waals surface area (Å²) in [4.78, 5) is 35.4. The number of benzene rings is 1. The van der Waals surface area contributed by atoms with E-state index >= 15 is 0 Å². The summed E-state index contributed by atoms with van der Waals surface area (Å²) in [5, 5.41) is 0. The van der Waals surface area contributed by atoms with Crippen molar-refractivity contribution in [3.63, 3.8) is 0 Å². The summed E-state index contributed by atoms with van der Waals surface area (Å²) in [5.74, 6) is -0.654. The van der Waals surface area contributed by atoms with Crippen molar-refractivity contribution in [1.82, 2.24) is 4.98 Å². The molecule has 6 heteroatoms. The van der Waals surface area contributed by atoms with Crippen LogP contribution in [0.5, 0.6) is 5.75 Å². The average Bonchev–Trinajstić information content (AvgIpc) is 2.76. The maximum Gasteiger partial charge on any atom is 0.315 e. The molecule has 1 aromatic heterocycles. The van der Waals surface area contributed by atoms with Crippen LogP contribution in [0.25, 0.3) is 0 Å². The molecular formula is C26H28N2O4. The lowest BCUT2D eigenvalue weighted by Crippen LogP contribution is -2.39. The van der Waals surface area contributed by atoms with Gasteiger partial charge in [-0.1, -0.05) is 26.0 Å². The fourth-order valence-electron chi connectivity index (χ4n) is 4.65. The standard InChI is InChI=1S/C26H28N2O4/c1-16-22(25(30)32-15-17-5-7-19(31-4)8-6-17)23(18-9-11-27-12-10-18)24-20(28-16)13-26(2,3)14-21(24)29/h5-12,22-23H,13-15H2,1-4H3/t22?,23-/m0/s1. The number of carbonyl (C=O) groups is 2. The first kappa shape index (κ1) is 21.9. The molecule has 2 aliphatic rings. The summed E-state index contributed by atoms with van der Waals surface area (Å²) >= 11 is 0. The third kappa shape index (κ3) is 4.35. The Morgan fingerprint density at radius 2 is 1.78 bits per heavy atom. The molecule has 1 aliphatic heterocycles. The van der Waals surface area contributed by atoms with Crippen molar-refractivity contribution < 1.29 is 19.1 Å². The van der Waals surface area contributed by atoms with Gasteiger partial charge in [0.05, 0.1) is 7.11 Å². The fraction of sp³-hybridized carbons (Fsp3) is 0.385. The van der Waals surface area contributed by atoms with Gasteiger partial charge >= 0.3 is 5.97 Å². The molecule has 2 atom stereocenters. The molecule has 6 nitrogen and oxygen atoms in total. The van der Waals surface area contributed by atoms with Gasteiger partial charge in [-0.2, -0.15) is 0 Å². The molecule has 2 aromatic rings. The van der Waals surface area contributed by atoms with E-state index in [0.717, 1.165) is 22.6 Å². The van der Waals surface area contributed by atoms with E-state index in [2.05, 4.69) is 18.8 Å². The van der Waals surface area contributed by atoms with Crippen LogP contribution in [0.15, 0.2) is 65.1 Å². The predicted octanol–water partition coefficient (Wildman–Crippen LogP) is 4.65. The Labute approximate surface area is 188 Å². The highest BCUT2D eigenvalue weighted by atomic mass is 16.5. The fourth-order valence-corrected chi connectivity index (χ4v) is 4.65. The molecule has 0 fully saturated rings. The van der Waals surface area contributed by atoms with Gasteiger partial charge in [0, 0.05) is 41.7 Å². The normalized spacial score (nSPS) is 22.1. The van der Waals surface area contributed by atoms with Crippen LogP contribution in [0.2, 0.25) is 0 Å². The summed E-state index contributed by atoms with van der Waals surface area (Å²) in [6.45, 7) is 6.15. The monoisotopic (exact) mass is 432 g/mol. The molecule has 0 bridgehead atoms. The van der Waals surface area contributed by atoms with Crippen molar-refractivity contribution in [2.24, 2.45) is 16.3 Å². The zero-order valence-corrected chi connectivity index (χ0v) is 18.9. The Bertz CT molecular complexity index is 1080. The third-order valence-corrected chi connectivity index (χ3v) is 6.16. The molecular weight excluding hydrogens is 404 g/mol. The van der Waals surface area contributed by atoms with Crippen molar-refractivity contribution in [2.45, 2.75) is 46.1 Å². The molecule has 0 radical (unpaired) electrons. The van der Waals surface area contributed by atoms with E-state index in [1.54, 1.807) is 19.5 Å². The number of hydrogen-bond donors (Lipinski definition) is 0. The number of carbonyl (C=O) groups excluding carboxylic acids is 2. The highest BCUT2D eigenvalue weighted by molar-refractivity contribution is 6.09. The minimum atomic E-state index is -0.653. The first-order valence-electron chi connectivity index (χ1n) is 10.8. The van der Waals surface area contributed by atoms with Crippen LogP contribution in [-0.4, -0.2) is 29.6 Å². The zero-order chi connectivity index (χ0) is 22.9. The first-order chi connectivity index (χ1) is 15.3. The largest absolute Gasteiger partial charge is 0.497 e. The van der Waals surface area contributed by atoms with Crippen molar-refractivity contribution in [3.8, 4) is 5.75 Å². The highest BCUT2D eigenvalue weighted by Gasteiger charge is 2.46. The first-order valence-corrected chi connectivity index (χ1v) is 10.8. The number of hydrogen-bond acceptors (Lipinski definition) is 6. The smallest absolute Gasteiger partial charge is 0.315 e. The van der Waals surface area contributed by atoms with Crippen LogP contribution in [0.4, 0.5) is 0 Å². The Hall–Kier alpha value is -3.28. The van der Waals surface area contributed by atoms with Gasteiger partial charge in [0.25, 0.3) is 0 Å². The lowest BCUT2D eigenvalue weighted by molar-refractivity contribution is -0.148. The number of rotatable bonds is 5. The SMILES string of the molecule is COc1ccc(COC(=O)C2C(C)=NC3=C(C(=O)CC(C)(C)C3)[C@H]2c2ccncc2)cc1. The molecule has 1 unspecified atom stereocenters. The van der Waals surface area contributed by atoms with E-state index in [-0.39, 0.29) is 23.8 Å². The number of ketones is 1. The molecule has 2 heterocycles. The minimum Gasteiger partial charge on any atom is -0.497 e. The molecule has 32 heavy (non-hydrogen) atoms. The Morgan fingerprint density at radius 3 is 2.44 bits per heavy atom. The number of allylic oxidation sites excluding steroid dienone is 2. The topological polar surface area (TPSA) is 77.9 Å². The number of nitrogens with zero attached hydrogens (tertiary/aromatic N) is 2. The van der Waals surface area contributed by atoms with Crippen LogP contribution in [0, 0.1) is 11.3 Å². The van der Waals surface area contributed by atoms with E-state index in [0.29, 0.717) is 24.1 Å². The number of methoxy groups -OCH3 is 1. The number of pyridine rings is 1. The second-order valence-corrected chi connectivity index (χ2v) is 9.25. The molecule has 0 saturated heterocycles. The van der Waals surface area contributed by atoms with E-state index in [1.807, 2.05) is 43.3 Å². The molecule has 1 aliphatic carbocycles. The molecule has 4 rings (SSSR count). The van der Waals surface area contributed by atoms with Crippen molar-refractivity contribution in [2.75, 3.05) is 7.11 Å². The summed E-state index contributed by atoms with van der Waals surface area (Å²) < 4.78 is 10.9. The van der Waals surface area contributed by atoms with Crippen LogP contribution in [0.3, 0.4) is 0 Å². The van der Waals surface area contributed by atoms with Crippen molar-refractivity contribution >= 4 is 17.5 Å². The summed E-state index contributed by atoms with van der Waals surface area (Å²) in [5.41, 5.74) is 3.71. The van der Waals surface area contributed by atoms with Gasteiger partial charge in [-0.15, -0.1) is 0 Å². The number of aliphatic imine (C=N–C) groups is 1. The third-order valence-electron chi connectivity index (χ3n) is 6.16. The summed E-state index contributed by atoms with van der Waals surface area (Å²) in [6.07, 6.45) is 4.53. The van der Waals surface area contributed by atoms with E-state index in [4.69, 9.17) is 14.5 Å². The number of esters is 1. The Balaban J connectivity index is 1.66. The van der Waals surface area contributed by atoms with Gasteiger partial charge < -0.3 is 9.47 Å². The lowest BCUT2D eigenvalue weighted by atomic mass is 9.67. The van der Waals surface area contributed by atoms with E-state index in [9.17, 15) is 9.59 Å². The maximum absolute atomic E-state index is 13.3. The quantitative estimate of drug-likeness (QED) is 0.643. The number of Topliss-reactive ketones (excluding diaryl/α,β-unsaturated/α-hetero) is 1. The van der Waals surface area contributed by atoms with Gasteiger partial charge in [0.15, 0.2) is 5.78 Å². The van der Waals surface area contributed by atoms with Crippen LogP contribution >= 0.6 is 0 Å². The minimum absolute atomic E-state index is 0.0577. The highest BCUT2D eigenvalue weighted by Crippen LogP contribution is 2.47. The Kier molecular flexibility index (Phi) is 5.96. The van der Waals surface area contributed by atoms with Crippen LogP contribution < -0.4 is 4.74 Å². The number of aromatic nitrogens is 1. The molecule has 0 N–H and O–H groups in total. The average molecular weight is 433 g/mol. The maximum atomic E-state index is 13.3. The molecule has 1 aromatic carbocycles. The van der Waals surface area contributed by atoms with Crippen LogP contribution in [-0.2, 0) is 20.9 Å². The van der Waals surface area contributed by atoms with Gasteiger partial charge in [-0.3, -0.25) is 19.6 Å². The van der Waals surface area contributed by atoms with Crippen molar-refractivity contribution in [3.05, 3.63) is 71.2 Å². The van der Waals surface area contributed by atoms with E-state index < -0.39 is 11.8 Å². The zero-order valence-electron chi connectivity index (χ0n) is 18.9. The van der Waals surface area contributed by atoms with Gasteiger partial charge in [-0.25, -0.2) is 0 Å². The summed E-state index contributed by atoms with van der Waals surface area (Å²) in [7, 11) is 1.61. The molecule has 0 saturated carbocycles. The molecule has 166 valence electrons. The van der Waals surface area contributed by atoms with E-state index in [1.165, 1.54) is 0 Å². The van der Waals surface area contributed by atoms with Gasteiger partial charge in [0.2, 0.25) is 0 Å². The van der Waals surface area contributed by atoms with Crippen molar-refractivity contribution in [1.29, 1.82) is 0 Å². The second-order valence-electron chi connectivity index (χ2n) is 9.25. The Morgan fingerprint density at radius 1 is 1.09 bits per heavy atom. The van der Waals surface area contributed by atoms with Crippen LogP contribution in [0.1, 0.15) is 50.7 Å². The van der Waals surface area contributed by atoms with Gasteiger partial charge in [0.1, 0.15) is 18.3 Å².